The number of halogens is 1. The second-order valence-corrected chi connectivity index (χ2v) is 4.42. The molecule has 0 amide bonds. The number of hydrogen-bond acceptors (Lipinski definition) is 6. The van der Waals surface area contributed by atoms with Gasteiger partial charge in [0.25, 0.3) is 0 Å². The van der Waals surface area contributed by atoms with Gasteiger partial charge in [-0.25, -0.2) is 9.97 Å². The van der Waals surface area contributed by atoms with E-state index in [1.165, 1.54) is 19.2 Å². The number of nitrogens with zero attached hydrogens (tertiary/aromatic N) is 3. The first kappa shape index (κ1) is 13.0. The Bertz CT molecular complexity index is 439. The minimum absolute atomic E-state index is 0.120. The van der Waals surface area contributed by atoms with Crippen LogP contribution in [0.4, 0.5) is 11.5 Å². The van der Waals surface area contributed by atoms with Crippen molar-refractivity contribution < 1.29 is 9.66 Å². The van der Waals surface area contributed by atoms with Crippen LogP contribution in [0.3, 0.4) is 0 Å². The molecule has 1 N–H and O–H groups in total. The molecule has 0 unspecified atom stereocenters. The van der Waals surface area contributed by atoms with Gasteiger partial charge in [-0.1, -0.05) is 11.6 Å². The van der Waals surface area contributed by atoms with Crippen LogP contribution < -0.4 is 5.32 Å². The van der Waals surface area contributed by atoms with Crippen molar-refractivity contribution >= 4 is 23.1 Å². The molecule has 1 aromatic rings. The third kappa shape index (κ3) is 3.51. The summed E-state index contributed by atoms with van der Waals surface area (Å²) in [6.07, 6.45) is 3.66. The van der Waals surface area contributed by atoms with Crippen LogP contribution in [-0.2, 0) is 4.74 Å². The molecule has 8 heteroatoms. The highest BCUT2D eigenvalue weighted by atomic mass is 35.5. The predicted octanol–water partition coefficient (Wildman–Crippen LogP) is 1.88. The average molecular weight is 273 g/mol. The van der Waals surface area contributed by atoms with Gasteiger partial charge in [-0.2, -0.15) is 0 Å². The van der Waals surface area contributed by atoms with E-state index in [9.17, 15) is 10.1 Å². The fourth-order valence-electron chi connectivity index (χ4n) is 1.42. The highest BCUT2D eigenvalue weighted by Crippen LogP contribution is 2.29. The van der Waals surface area contributed by atoms with E-state index in [0.717, 1.165) is 6.61 Å². The summed E-state index contributed by atoms with van der Waals surface area (Å²) in [5, 5.41) is 13.5. The van der Waals surface area contributed by atoms with Crippen molar-refractivity contribution in [1.29, 1.82) is 0 Å². The predicted molar refractivity (Wildman–Crippen MR) is 65.7 cm³/mol. The Kier molecular flexibility index (Phi) is 4.27. The molecule has 0 atom stereocenters. The summed E-state index contributed by atoms with van der Waals surface area (Å²) in [6.45, 7) is 1.69. The molecule has 0 bridgehead atoms. The maximum atomic E-state index is 10.8. The Labute approximate surface area is 109 Å². The van der Waals surface area contributed by atoms with E-state index in [1.54, 1.807) is 0 Å². The number of nitrogens with one attached hydrogen (secondary N) is 1. The summed E-state index contributed by atoms with van der Waals surface area (Å²) in [5.74, 6) is 0.822. The minimum atomic E-state index is -0.601. The minimum Gasteiger partial charge on any atom is -0.379 e. The van der Waals surface area contributed by atoms with Gasteiger partial charge in [0.05, 0.1) is 11.5 Å². The quantitative estimate of drug-likeness (QED) is 0.353. The topological polar surface area (TPSA) is 90.2 Å². The Morgan fingerprint density at radius 2 is 2.33 bits per heavy atom. The Hall–Kier alpha value is -1.47. The van der Waals surface area contributed by atoms with E-state index >= 15 is 0 Å². The molecule has 1 aliphatic carbocycles. The maximum Gasteiger partial charge on any atom is 0.348 e. The second kappa shape index (κ2) is 5.92. The number of hydrogen-bond donors (Lipinski definition) is 1. The van der Waals surface area contributed by atoms with Crippen LogP contribution in [0, 0.1) is 16.0 Å². The summed E-state index contributed by atoms with van der Waals surface area (Å²) < 4.78 is 5.40. The Morgan fingerprint density at radius 1 is 1.56 bits per heavy atom. The van der Waals surface area contributed by atoms with Gasteiger partial charge in [0, 0.05) is 13.2 Å². The molecule has 7 nitrogen and oxygen atoms in total. The molecule has 98 valence electrons. The van der Waals surface area contributed by atoms with Gasteiger partial charge in [0.1, 0.15) is 6.33 Å². The first-order valence-electron chi connectivity index (χ1n) is 5.65. The normalized spacial score (nSPS) is 14.5. The zero-order chi connectivity index (χ0) is 13.0. The van der Waals surface area contributed by atoms with E-state index < -0.39 is 4.92 Å². The van der Waals surface area contributed by atoms with Gasteiger partial charge in [-0.15, -0.1) is 0 Å². The Balaban J connectivity index is 1.83. The van der Waals surface area contributed by atoms with Crippen molar-refractivity contribution in [3.05, 3.63) is 21.6 Å². The fraction of sp³-hybridized carbons (Fsp3) is 0.600. The summed E-state index contributed by atoms with van der Waals surface area (Å²) in [5.41, 5.74) is -0.304. The van der Waals surface area contributed by atoms with E-state index in [-0.39, 0.29) is 16.7 Å². The van der Waals surface area contributed by atoms with Crippen molar-refractivity contribution in [3.63, 3.8) is 0 Å². The molecule has 1 fully saturated rings. The fourth-order valence-corrected chi connectivity index (χ4v) is 1.63. The van der Waals surface area contributed by atoms with Gasteiger partial charge in [-0.3, -0.25) is 10.1 Å². The van der Waals surface area contributed by atoms with Crippen LogP contribution in [-0.4, -0.2) is 34.6 Å². The van der Waals surface area contributed by atoms with Crippen LogP contribution in [0.1, 0.15) is 12.8 Å². The molecule has 1 aliphatic rings. The molecule has 0 saturated heterocycles. The highest BCUT2D eigenvalue weighted by Gasteiger charge is 2.22. The van der Waals surface area contributed by atoms with Crippen LogP contribution >= 0.6 is 11.6 Å². The van der Waals surface area contributed by atoms with Crippen molar-refractivity contribution in [2.24, 2.45) is 5.92 Å². The summed E-state index contributed by atoms with van der Waals surface area (Å²) in [4.78, 5) is 17.6. The monoisotopic (exact) mass is 272 g/mol. The first-order valence-corrected chi connectivity index (χ1v) is 6.02. The van der Waals surface area contributed by atoms with Crippen LogP contribution in [0.5, 0.6) is 0 Å². The van der Waals surface area contributed by atoms with Gasteiger partial charge >= 0.3 is 5.69 Å². The van der Waals surface area contributed by atoms with Crippen LogP contribution in [0.15, 0.2) is 6.33 Å². The van der Waals surface area contributed by atoms with E-state index in [2.05, 4.69) is 15.3 Å². The van der Waals surface area contributed by atoms with E-state index in [1.807, 2.05) is 0 Å². The number of nitro groups is 1. The van der Waals surface area contributed by atoms with Crippen LogP contribution in [0.2, 0.25) is 5.15 Å². The second-order valence-electron chi connectivity index (χ2n) is 4.06. The average Bonchev–Trinajstić information content (AvgIpc) is 3.12. The highest BCUT2D eigenvalue weighted by molar-refractivity contribution is 6.31. The molecule has 2 rings (SSSR count). The van der Waals surface area contributed by atoms with Crippen LogP contribution in [0.25, 0.3) is 0 Å². The molecule has 0 spiro atoms. The molecule has 1 heterocycles. The standard InChI is InChI=1S/C10H13ClN4O3/c11-9-8(15(16)17)10(14-6-13-9)12-3-4-18-5-7-1-2-7/h6-7H,1-5H2,(H,12,13,14). The maximum absolute atomic E-state index is 10.8. The largest absolute Gasteiger partial charge is 0.379 e. The van der Waals surface area contributed by atoms with Crippen molar-refractivity contribution in [1.82, 2.24) is 9.97 Å². The van der Waals surface area contributed by atoms with Gasteiger partial charge < -0.3 is 10.1 Å². The molecular formula is C10H13ClN4O3. The molecule has 18 heavy (non-hydrogen) atoms. The molecular weight excluding hydrogens is 260 g/mol. The third-order valence-electron chi connectivity index (χ3n) is 2.55. The number of rotatable bonds is 7. The summed E-state index contributed by atoms with van der Waals surface area (Å²) in [7, 11) is 0. The zero-order valence-electron chi connectivity index (χ0n) is 9.63. The molecule has 0 aliphatic heterocycles. The van der Waals surface area contributed by atoms with Crippen molar-refractivity contribution in [2.75, 3.05) is 25.1 Å². The van der Waals surface area contributed by atoms with Crippen molar-refractivity contribution in [3.8, 4) is 0 Å². The van der Waals surface area contributed by atoms with E-state index in [4.69, 9.17) is 16.3 Å². The zero-order valence-corrected chi connectivity index (χ0v) is 10.4. The van der Waals surface area contributed by atoms with Crippen molar-refractivity contribution in [2.45, 2.75) is 12.8 Å². The molecule has 0 aromatic carbocycles. The lowest BCUT2D eigenvalue weighted by molar-refractivity contribution is -0.384. The van der Waals surface area contributed by atoms with E-state index in [0.29, 0.717) is 19.1 Å². The molecule has 1 aromatic heterocycles. The van der Waals surface area contributed by atoms with Gasteiger partial charge in [0.2, 0.25) is 11.0 Å². The number of aromatic nitrogens is 2. The smallest absolute Gasteiger partial charge is 0.348 e. The first-order chi connectivity index (χ1) is 8.68. The van der Waals surface area contributed by atoms with Gasteiger partial charge in [-0.05, 0) is 18.8 Å². The third-order valence-corrected chi connectivity index (χ3v) is 2.83. The SMILES string of the molecule is O=[N+]([O-])c1c(Cl)ncnc1NCCOCC1CC1. The summed E-state index contributed by atoms with van der Waals surface area (Å²) in [6, 6.07) is 0. The summed E-state index contributed by atoms with van der Waals surface area (Å²) >= 11 is 5.65. The molecule has 0 radical (unpaired) electrons. The lowest BCUT2D eigenvalue weighted by atomic mass is 10.4. The number of anilines is 1. The number of ether oxygens (including phenoxy) is 1. The van der Waals surface area contributed by atoms with Gasteiger partial charge in [0.15, 0.2) is 0 Å². The Morgan fingerprint density at radius 3 is 3.00 bits per heavy atom. The lowest BCUT2D eigenvalue weighted by Crippen LogP contribution is -2.13. The molecule has 1 saturated carbocycles. The lowest BCUT2D eigenvalue weighted by Gasteiger charge is -2.06.